The Hall–Kier alpha value is -1.56. The van der Waals surface area contributed by atoms with Crippen molar-refractivity contribution in [3.63, 3.8) is 0 Å². The summed E-state index contributed by atoms with van der Waals surface area (Å²) in [6.07, 6.45) is 2.28. The van der Waals surface area contributed by atoms with Crippen molar-refractivity contribution in [2.45, 2.75) is 32.2 Å². The number of halogens is 1. The molecule has 6 heteroatoms. The zero-order valence-corrected chi connectivity index (χ0v) is 13.5. The Labute approximate surface area is 132 Å². The lowest BCUT2D eigenvalue weighted by Gasteiger charge is -2.37. The van der Waals surface area contributed by atoms with Crippen LogP contribution >= 0.6 is 15.9 Å². The molecule has 21 heavy (non-hydrogen) atoms. The smallest absolute Gasteiger partial charge is 0.326 e. The summed E-state index contributed by atoms with van der Waals surface area (Å²) in [6.45, 7) is 2.51. The largest absolute Gasteiger partial charge is 0.480 e. The highest BCUT2D eigenvalue weighted by Crippen LogP contribution is 2.28. The number of carboxylic acid groups (broad SMARTS) is 1. The van der Waals surface area contributed by atoms with Crippen molar-refractivity contribution in [3.8, 4) is 0 Å². The predicted octanol–water partition coefficient (Wildman–Crippen LogP) is 2.75. The number of carbonyl (C=O) groups is 2. The second kappa shape index (κ2) is 6.47. The highest BCUT2D eigenvalue weighted by molar-refractivity contribution is 9.10. The number of piperidine rings is 1. The molecule has 1 heterocycles. The van der Waals surface area contributed by atoms with Crippen molar-refractivity contribution in [1.29, 1.82) is 0 Å². The molecule has 1 aromatic rings. The number of nitrogen functional groups attached to an aromatic ring is 1. The molecule has 1 saturated heterocycles. The number of hydrogen-bond acceptors (Lipinski definition) is 3. The Morgan fingerprint density at radius 1 is 1.48 bits per heavy atom. The van der Waals surface area contributed by atoms with Crippen LogP contribution in [0, 0.1) is 5.92 Å². The Kier molecular flexibility index (Phi) is 4.88. The Morgan fingerprint density at radius 2 is 2.19 bits per heavy atom. The first-order chi connectivity index (χ1) is 9.93. The lowest BCUT2D eigenvalue weighted by atomic mass is 9.88. The molecule has 1 fully saturated rings. The topological polar surface area (TPSA) is 83.6 Å². The Morgan fingerprint density at radius 3 is 2.76 bits per heavy atom. The molecule has 0 aromatic heterocycles. The third-order valence-corrected chi connectivity index (χ3v) is 4.57. The summed E-state index contributed by atoms with van der Waals surface area (Å²) in [5, 5.41) is 9.40. The highest BCUT2D eigenvalue weighted by Gasteiger charge is 2.36. The van der Waals surface area contributed by atoms with Crippen LogP contribution in [0.15, 0.2) is 22.7 Å². The van der Waals surface area contributed by atoms with Gasteiger partial charge in [-0.05, 0) is 37.0 Å². The van der Waals surface area contributed by atoms with Crippen LogP contribution in [0.5, 0.6) is 0 Å². The predicted molar refractivity (Wildman–Crippen MR) is 84.0 cm³/mol. The fraction of sp³-hybridized carbons (Fsp3) is 0.467. The van der Waals surface area contributed by atoms with E-state index in [0.717, 1.165) is 17.3 Å². The maximum absolute atomic E-state index is 12.6. The van der Waals surface area contributed by atoms with Gasteiger partial charge in [0.25, 0.3) is 5.91 Å². The molecule has 1 amide bonds. The summed E-state index contributed by atoms with van der Waals surface area (Å²) in [5.74, 6) is -0.892. The number of rotatable bonds is 3. The van der Waals surface area contributed by atoms with E-state index in [1.54, 1.807) is 18.2 Å². The molecular formula is C15H19BrN2O3. The Bertz CT molecular complexity index is 562. The summed E-state index contributed by atoms with van der Waals surface area (Å²) < 4.78 is 0.788. The van der Waals surface area contributed by atoms with E-state index in [1.807, 2.05) is 6.92 Å². The first-order valence-corrected chi connectivity index (χ1v) is 7.82. The second-order valence-corrected chi connectivity index (χ2v) is 6.30. The fourth-order valence-electron chi connectivity index (χ4n) is 2.77. The van der Waals surface area contributed by atoms with Crippen LogP contribution in [-0.4, -0.2) is 34.5 Å². The number of anilines is 1. The van der Waals surface area contributed by atoms with Gasteiger partial charge in [0.2, 0.25) is 0 Å². The second-order valence-electron chi connectivity index (χ2n) is 5.38. The number of nitrogens with two attached hydrogens (primary N) is 1. The van der Waals surface area contributed by atoms with Crippen LogP contribution in [0.1, 0.15) is 36.5 Å². The maximum Gasteiger partial charge on any atom is 0.326 e. The van der Waals surface area contributed by atoms with Gasteiger partial charge in [-0.1, -0.05) is 29.3 Å². The molecule has 5 nitrogen and oxygen atoms in total. The van der Waals surface area contributed by atoms with Crippen molar-refractivity contribution in [3.05, 3.63) is 28.2 Å². The Balaban J connectivity index is 2.26. The molecule has 0 bridgehead atoms. The van der Waals surface area contributed by atoms with E-state index in [2.05, 4.69) is 15.9 Å². The number of benzene rings is 1. The number of carbonyl (C=O) groups excluding carboxylic acids is 1. The summed E-state index contributed by atoms with van der Waals surface area (Å²) in [5.41, 5.74) is 6.60. The molecule has 3 N–H and O–H groups in total. The van der Waals surface area contributed by atoms with Gasteiger partial charge in [0.05, 0.1) is 5.56 Å². The standard InChI is InChI=1S/C15H19BrN2O3/c1-2-9-5-6-18(13(7-9)15(20)21)14(19)11-4-3-10(16)8-12(11)17/h3-4,8-9,13H,2,5-7,17H2,1H3,(H,20,21). The van der Waals surface area contributed by atoms with Crippen molar-refractivity contribution in [1.82, 2.24) is 4.90 Å². The minimum atomic E-state index is -0.947. The van der Waals surface area contributed by atoms with E-state index in [9.17, 15) is 14.7 Å². The molecular weight excluding hydrogens is 336 g/mol. The SMILES string of the molecule is CCC1CCN(C(=O)c2ccc(Br)cc2N)C(C(=O)O)C1. The van der Waals surface area contributed by atoms with E-state index in [0.29, 0.717) is 30.1 Å². The average Bonchev–Trinajstić information content (AvgIpc) is 2.46. The third-order valence-electron chi connectivity index (χ3n) is 4.08. The highest BCUT2D eigenvalue weighted by atomic mass is 79.9. The molecule has 1 aromatic carbocycles. The van der Waals surface area contributed by atoms with Gasteiger partial charge in [-0.15, -0.1) is 0 Å². The average molecular weight is 355 g/mol. The number of carboxylic acids is 1. The molecule has 2 rings (SSSR count). The molecule has 0 saturated carbocycles. The van der Waals surface area contributed by atoms with E-state index < -0.39 is 12.0 Å². The van der Waals surface area contributed by atoms with E-state index in [1.165, 1.54) is 4.90 Å². The zero-order valence-electron chi connectivity index (χ0n) is 11.9. The number of nitrogens with zero attached hydrogens (tertiary/aromatic N) is 1. The number of likely N-dealkylation sites (tertiary alicyclic amines) is 1. The van der Waals surface area contributed by atoms with Crippen LogP contribution in [0.4, 0.5) is 5.69 Å². The van der Waals surface area contributed by atoms with E-state index in [-0.39, 0.29) is 5.91 Å². The minimum Gasteiger partial charge on any atom is -0.480 e. The van der Waals surface area contributed by atoms with E-state index in [4.69, 9.17) is 5.73 Å². The first-order valence-electron chi connectivity index (χ1n) is 7.02. The molecule has 0 spiro atoms. The van der Waals surface area contributed by atoms with Crippen LogP contribution in [0.3, 0.4) is 0 Å². The monoisotopic (exact) mass is 354 g/mol. The lowest BCUT2D eigenvalue weighted by Crippen LogP contribution is -2.50. The fourth-order valence-corrected chi connectivity index (χ4v) is 3.15. The molecule has 114 valence electrons. The van der Waals surface area contributed by atoms with Gasteiger partial charge in [0.15, 0.2) is 0 Å². The quantitative estimate of drug-likeness (QED) is 0.817. The van der Waals surface area contributed by atoms with Crippen molar-refractivity contribution >= 4 is 33.5 Å². The van der Waals surface area contributed by atoms with Crippen LogP contribution in [0.2, 0.25) is 0 Å². The van der Waals surface area contributed by atoms with Gasteiger partial charge in [-0.3, -0.25) is 4.79 Å². The first kappa shape index (κ1) is 15.8. The van der Waals surface area contributed by atoms with Gasteiger partial charge < -0.3 is 15.7 Å². The van der Waals surface area contributed by atoms with Crippen molar-refractivity contribution < 1.29 is 14.7 Å². The molecule has 2 atom stereocenters. The molecule has 0 radical (unpaired) electrons. The minimum absolute atomic E-state index is 0.304. The van der Waals surface area contributed by atoms with Gasteiger partial charge >= 0.3 is 5.97 Å². The summed E-state index contributed by atoms with van der Waals surface area (Å²) in [6, 6.07) is 4.26. The maximum atomic E-state index is 12.6. The van der Waals surface area contributed by atoms with E-state index >= 15 is 0 Å². The van der Waals surface area contributed by atoms with Crippen LogP contribution in [0.25, 0.3) is 0 Å². The lowest BCUT2D eigenvalue weighted by molar-refractivity contribution is -0.144. The van der Waals surface area contributed by atoms with Crippen molar-refractivity contribution in [2.24, 2.45) is 5.92 Å². The van der Waals surface area contributed by atoms with Crippen LogP contribution in [-0.2, 0) is 4.79 Å². The number of amides is 1. The van der Waals surface area contributed by atoms with Crippen molar-refractivity contribution in [2.75, 3.05) is 12.3 Å². The molecule has 1 aliphatic heterocycles. The van der Waals surface area contributed by atoms with Crippen LogP contribution < -0.4 is 5.73 Å². The van der Waals surface area contributed by atoms with Gasteiger partial charge in [-0.2, -0.15) is 0 Å². The third kappa shape index (κ3) is 3.37. The summed E-state index contributed by atoms with van der Waals surface area (Å²) in [7, 11) is 0. The van der Waals surface area contributed by atoms with Gasteiger partial charge in [-0.25, -0.2) is 4.79 Å². The summed E-state index contributed by atoms with van der Waals surface area (Å²) >= 11 is 3.29. The molecule has 0 aliphatic carbocycles. The zero-order chi connectivity index (χ0) is 15.6. The number of hydrogen-bond donors (Lipinski definition) is 2. The van der Waals surface area contributed by atoms with Gasteiger partial charge in [0.1, 0.15) is 6.04 Å². The number of aliphatic carboxylic acids is 1. The van der Waals surface area contributed by atoms with Gasteiger partial charge in [0, 0.05) is 16.7 Å². The normalized spacial score (nSPS) is 22.1. The summed E-state index contributed by atoms with van der Waals surface area (Å²) in [4.78, 5) is 25.5. The molecule has 2 unspecified atom stereocenters. The molecule has 1 aliphatic rings.